The number of urea groups is 1. The van der Waals surface area contributed by atoms with Crippen LogP contribution in [0.2, 0.25) is 0 Å². The summed E-state index contributed by atoms with van der Waals surface area (Å²) in [6.07, 6.45) is 0.805. The predicted octanol–water partition coefficient (Wildman–Crippen LogP) is 3.22. The molecule has 0 unspecified atom stereocenters. The minimum atomic E-state index is -0.389. The van der Waals surface area contributed by atoms with Gasteiger partial charge >= 0.3 is 11.7 Å². The number of thiophene rings is 1. The molecule has 2 N–H and O–H groups in total. The Balaban J connectivity index is 1.59. The van der Waals surface area contributed by atoms with Crippen molar-refractivity contribution >= 4 is 34.0 Å². The molecule has 22 heavy (non-hydrogen) atoms. The van der Waals surface area contributed by atoms with E-state index in [1.54, 1.807) is 35.6 Å². The van der Waals surface area contributed by atoms with Crippen LogP contribution in [0.15, 0.2) is 56.4 Å². The molecule has 0 atom stereocenters. The number of hydrogen-bond donors (Lipinski definition) is 2. The molecule has 0 fully saturated rings. The van der Waals surface area contributed by atoms with Gasteiger partial charge in [-0.25, -0.2) is 9.59 Å². The standard InChI is InChI=1S/C16H14N2O3S/c19-15-4-1-12-9-13(2-3-14(12)21-15)18-16(20)17-7-5-11-6-8-22-10-11/h1-4,6,8-10H,5,7H2,(H2,17,18,20). The Hall–Kier alpha value is -2.60. The summed E-state index contributed by atoms with van der Waals surface area (Å²) >= 11 is 1.64. The van der Waals surface area contributed by atoms with Crippen molar-refractivity contribution in [3.05, 3.63) is 63.1 Å². The number of rotatable bonds is 4. The first-order chi connectivity index (χ1) is 10.7. The average Bonchev–Trinajstić information content (AvgIpc) is 3.01. The SMILES string of the molecule is O=C(NCCc1ccsc1)Nc1ccc2oc(=O)ccc2c1. The maximum absolute atomic E-state index is 11.8. The highest BCUT2D eigenvalue weighted by atomic mass is 32.1. The van der Waals surface area contributed by atoms with Gasteiger partial charge in [-0.15, -0.1) is 0 Å². The minimum Gasteiger partial charge on any atom is -0.423 e. The molecule has 3 aromatic rings. The summed E-state index contributed by atoms with van der Waals surface area (Å²) in [5, 5.41) is 10.4. The minimum absolute atomic E-state index is 0.257. The summed E-state index contributed by atoms with van der Waals surface area (Å²) in [6.45, 7) is 0.574. The third-order valence-corrected chi connectivity index (χ3v) is 3.89. The first kappa shape index (κ1) is 14.3. The molecular formula is C16H14N2O3S. The first-order valence-electron chi connectivity index (χ1n) is 6.80. The first-order valence-corrected chi connectivity index (χ1v) is 7.75. The van der Waals surface area contributed by atoms with Crippen molar-refractivity contribution in [2.45, 2.75) is 6.42 Å². The summed E-state index contributed by atoms with van der Waals surface area (Å²) in [4.78, 5) is 23.0. The van der Waals surface area contributed by atoms with Crippen molar-refractivity contribution in [2.75, 3.05) is 11.9 Å². The smallest absolute Gasteiger partial charge is 0.336 e. The molecule has 0 bridgehead atoms. The van der Waals surface area contributed by atoms with Crippen molar-refractivity contribution in [1.29, 1.82) is 0 Å². The lowest BCUT2D eigenvalue weighted by Crippen LogP contribution is -2.30. The lowest BCUT2D eigenvalue weighted by Gasteiger charge is -2.07. The van der Waals surface area contributed by atoms with Gasteiger partial charge in [-0.1, -0.05) is 0 Å². The zero-order valence-electron chi connectivity index (χ0n) is 11.7. The van der Waals surface area contributed by atoms with E-state index in [0.717, 1.165) is 11.8 Å². The van der Waals surface area contributed by atoms with Gasteiger partial charge in [0, 0.05) is 23.7 Å². The third kappa shape index (κ3) is 3.53. The fourth-order valence-electron chi connectivity index (χ4n) is 2.08. The van der Waals surface area contributed by atoms with Gasteiger partial charge < -0.3 is 15.1 Å². The van der Waals surface area contributed by atoms with Crippen molar-refractivity contribution in [3.8, 4) is 0 Å². The molecule has 6 heteroatoms. The monoisotopic (exact) mass is 314 g/mol. The molecule has 0 radical (unpaired) electrons. The number of hydrogen-bond acceptors (Lipinski definition) is 4. The van der Waals surface area contributed by atoms with Crippen molar-refractivity contribution in [1.82, 2.24) is 5.32 Å². The summed E-state index contributed by atoms with van der Waals surface area (Å²) in [5.41, 5.74) is 1.97. The van der Waals surface area contributed by atoms with Crippen LogP contribution in [-0.2, 0) is 6.42 Å². The topological polar surface area (TPSA) is 71.3 Å². The Morgan fingerprint density at radius 2 is 2.09 bits per heavy atom. The number of benzene rings is 1. The summed E-state index contributed by atoms with van der Waals surface area (Å²) < 4.78 is 5.04. The molecule has 2 heterocycles. The Kier molecular flexibility index (Phi) is 4.20. The Morgan fingerprint density at radius 3 is 2.91 bits per heavy atom. The maximum Gasteiger partial charge on any atom is 0.336 e. The number of carbonyl (C=O) groups excluding carboxylic acids is 1. The van der Waals surface area contributed by atoms with E-state index in [0.29, 0.717) is 17.8 Å². The molecular weight excluding hydrogens is 300 g/mol. The molecule has 112 valence electrons. The summed E-state index contributed by atoms with van der Waals surface area (Å²) in [6, 6.07) is 9.93. The van der Waals surface area contributed by atoms with Gasteiger partial charge in [0.1, 0.15) is 5.58 Å². The van der Waals surface area contributed by atoms with Gasteiger partial charge in [-0.3, -0.25) is 0 Å². The van der Waals surface area contributed by atoms with Crippen LogP contribution in [0, 0.1) is 0 Å². The van der Waals surface area contributed by atoms with E-state index in [9.17, 15) is 9.59 Å². The molecule has 0 saturated heterocycles. The lowest BCUT2D eigenvalue weighted by atomic mass is 10.2. The van der Waals surface area contributed by atoms with Crippen molar-refractivity contribution in [3.63, 3.8) is 0 Å². The van der Waals surface area contributed by atoms with Crippen molar-refractivity contribution in [2.24, 2.45) is 0 Å². The highest BCUT2D eigenvalue weighted by Crippen LogP contribution is 2.17. The molecule has 0 aliphatic carbocycles. The molecule has 0 aliphatic rings. The zero-order chi connectivity index (χ0) is 15.4. The maximum atomic E-state index is 11.8. The zero-order valence-corrected chi connectivity index (χ0v) is 12.5. The second kappa shape index (κ2) is 6.44. The second-order valence-corrected chi connectivity index (χ2v) is 5.55. The summed E-state index contributed by atoms with van der Waals surface area (Å²) in [7, 11) is 0. The number of carbonyl (C=O) groups is 1. The van der Waals surface area contributed by atoms with Gasteiger partial charge in [-0.05, 0) is 53.1 Å². The lowest BCUT2D eigenvalue weighted by molar-refractivity contribution is 0.252. The Bertz CT molecular complexity index is 840. The Morgan fingerprint density at radius 1 is 1.18 bits per heavy atom. The largest absolute Gasteiger partial charge is 0.423 e. The molecule has 1 aromatic carbocycles. The van der Waals surface area contributed by atoms with E-state index in [-0.39, 0.29) is 11.7 Å². The van der Waals surface area contributed by atoms with E-state index >= 15 is 0 Å². The van der Waals surface area contributed by atoms with Crippen LogP contribution in [0.4, 0.5) is 10.5 Å². The number of nitrogens with one attached hydrogen (secondary N) is 2. The third-order valence-electron chi connectivity index (χ3n) is 3.16. The molecule has 0 aliphatic heterocycles. The molecule has 3 rings (SSSR count). The van der Waals surface area contributed by atoms with Gasteiger partial charge in [0.05, 0.1) is 0 Å². The normalized spacial score (nSPS) is 10.5. The van der Waals surface area contributed by atoms with E-state index in [1.807, 2.05) is 11.4 Å². The molecule has 0 saturated carbocycles. The fraction of sp³-hybridized carbons (Fsp3) is 0.125. The molecule has 2 aromatic heterocycles. The van der Waals surface area contributed by atoms with Crippen LogP contribution >= 0.6 is 11.3 Å². The molecule has 5 nitrogen and oxygen atoms in total. The highest BCUT2D eigenvalue weighted by Gasteiger charge is 2.04. The Labute approximate surface area is 130 Å². The van der Waals surface area contributed by atoms with Gasteiger partial charge in [-0.2, -0.15) is 11.3 Å². The van der Waals surface area contributed by atoms with Gasteiger partial charge in [0.25, 0.3) is 0 Å². The van der Waals surface area contributed by atoms with Crippen LogP contribution in [0.25, 0.3) is 11.0 Å². The van der Waals surface area contributed by atoms with Crippen LogP contribution in [0.3, 0.4) is 0 Å². The second-order valence-electron chi connectivity index (χ2n) is 4.77. The average molecular weight is 314 g/mol. The number of anilines is 1. The van der Waals surface area contributed by atoms with E-state index in [2.05, 4.69) is 16.0 Å². The van der Waals surface area contributed by atoms with Crippen LogP contribution in [0.5, 0.6) is 0 Å². The van der Waals surface area contributed by atoms with Crippen LogP contribution < -0.4 is 16.3 Å². The van der Waals surface area contributed by atoms with Gasteiger partial charge in [0.15, 0.2) is 0 Å². The molecule has 2 amide bonds. The predicted molar refractivity (Wildman–Crippen MR) is 87.5 cm³/mol. The molecule has 0 spiro atoms. The van der Waals surface area contributed by atoms with E-state index in [1.165, 1.54) is 11.6 Å². The van der Waals surface area contributed by atoms with Crippen LogP contribution in [0.1, 0.15) is 5.56 Å². The number of amides is 2. The van der Waals surface area contributed by atoms with E-state index < -0.39 is 0 Å². The van der Waals surface area contributed by atoms with Crippen molar-refractivity contribution < 1.29 is 9.21 Å². The van der Waals surface area contributed by atoms with Crippen LogP contribution in [-0.4, -0.2) is 12.6 Å². The quantitative estimate of drug-likeness (QED) is 0.726. The summed E-state index contributed by atoms with van der Waals surface area (Å²) in [5.74, 6) is 0. The van der Waals surface area contributed by atoms with Gasteiger partial charge in [0.2, 0.25) is 0 Å². The fourth-order valence-corrected chi connectivity index (χ4v) is 2.78. The highest BCUT2D eigenvalue weighted by molar-refractivity contribution is 7.07. The van der Waals surface area contributed by atoms with E-state index in [4.69, 9.17) is 4.42 Å². The number of fused-ring (bicyclic) bond motifs is 1.